The lowest BCUT2D eigenvalue weighted by molar-refractivity contribution is 0.151. The van der Waals surface area contributed by atoms with Crippen LogP contribution in [0.5, 0.6) is 0 Å². The van der Waals surface area contributed by atoms with Crippen molar-refractivity contribution < 1.29 is 8.78 Å². The van der Waals surface area contributed by atoms with E-state index in [9.17, 15) is 8.78 Å². The van der Waals surface area contributed by atoms with Gasteiger partial charge in [0.05, 0.1) is 0 Å². The zero-order valence-corrected chi connectivity index (χ0v) is 9.78. The van der Waals surface area contributed by atoms with Gasteiger partial charge in [0.15, 0.2) is 0 Å². The van der Waals surface area contributed by atoms with E-state index in [1.165, 1.54) is 18.9 Å². The van der Waals surface area contributed by atoms with Gasteiger partial charge >= 0.3 is 0 Å². The standard InChI is InChI=1S/C13H18F2N2/c14-13(15)11-5-3-4-10(8-11)12(9-16)17-6-1-2-7-17/h3-5,8,12-13H,1-2,6-7,9,16H2. The van der Waals surface area contributed by atoms with Crippen LogP contribution in [0, 0.1) is 0 Å². The lowest BCUT2D eigenvalue weighted by Crippen LogP contribution is -2.31. The molecule has 1 heterocycles. The van der Waals surface area contributed by atoms with Gasteiger partial charge in [-0.3, -0.25) is 4.90 Å². The first-order valence-corrected chi connectivity index (χ1v) is 6.04. The Hall–Kier alpha value is -1.00. The number of hydrogen-bond acceptors (Lipinski definition) is 2. The van der Waals surface area contributed by atoms with Crippen LogP contribution < -0.4 is 5.73 Å². The van der Waals surface area contributed by atoms with E-state index in [0.717, 1.165) is 18.7 Å². The number of nitrogens with zero attached hydrogens (tertiary/aromatic N) is 1. The van der Waals surface area contributed by atoms with Crippen molar-refractivity contribution in [2.75, 3.05) is 19.6 Å². The quantitative estimate of drug-likeness (QED) is 0.876. The van der Waals surface area contributed by atoms with Crippen LogP contribution in [0.1, 0.15) is 36.4 Å². The maximum atomic E-state index is 12.6. The third-order valence-corrected chi connectivity index (χ3v) is 3.35. The second-order valence-corrected chi connectivity index (χ2v) is 4.47. The average Bonchev–Trinajstić information content (AvgIpc) is 2.84. The Morgan fingerprint density at radius 2 is 1.82 bits per heavy atom. The van der Waals surface area contributed by atoms with E-state index in [2.05, 4.69) is 4.90 Å². The molecule has 1 unspecified atom stereocenters. The second kappa shape index (κ2) is 5.56. The van der Waals surface area contributed by atoms with Gasteiger partial charge in [-0.15, -0.1) is 0 Å². The lowest BCUT2D eigenvalue weighted by atomic mass is 10.0. The van der Waals surface area contributed by atoms with Gasteiger partial charge in [0.2, 0.25) is 0 Å². The third kappa shape index (κ3) is 2.82. The fourth-order valence-corrected chi connectivity index (χ4v) is 2.45. The van der Waals surface area contributed by atoms with Crippen molar-refractivity contribution in [3.8, 4) is 0 Å². The van der Waals surface area contributed by atoms with Crippen LogP contribution in [0.4, 0.5) is 8.78 Å². The van der Waals surface area contributed by atoms with Crippen LogP contribution >= 0.6 is 0 Å². The molecule has 17 heavy (non-hydrogen) atoms. The fourth-order valence-electron chi connectivity index (χ4n) is 2.45. The van der Waals surface area contributed by atoms with Gasteiger partial charge in [-0.05, 0) is 37.6 Å². The molecule has 1 aliphatic heterocycles. The number of nitrogens with two attached hydrogens (primary N) is 1. The Morgan fingerprint density at radius 3 is 2.41 bits per heavy atom. The van der Waals surface area contributed by atoms with E-state index in [1.54, 1.807) is 12.1 Å². The summed E-state index contributed by atoms with van der Waals surface area (Å²) in [5.41, 5.74) is 6.77. The average molecular weight is 240 g/mol. The normalized spacial score (nSPS) is 18.8. The van der Waals surface area contributed by atoms with Gasteiger partial charge in [0, 0.05) is 18.2 Å². The highest BCUT2D eigenvalue weighted by Crippen LogP contribution is 2.27. The van der Waals surface area contributed by atoms with Crippen molar-refractivity contribution >= 4 is 0 Å². The SMILES string of the molecule is NCC(c1cccc(C(F)F)c1)N1CCCC1. The lowest BCUT2D eigenvalue weighted by Gasteiger charge is -2.26. The highest BCUT2D eigenvalue weighted by Gasteiger charge is 2.22. The highest BCUT2D eigenvalue weighted by atomic mass is 19.3. The van der Waals surface area contributed by atoms with Crippen molar-refractivity contribution in [2.45, 2.75) is 25.3 Å². The molecule has 0 amide bonds. The molecule has 0 radical (unpaired) electrons. The molecule has 2 N–H and O–H groups in total. The van der Waals surface area contributed by atoms with Crippen molar-refractivity contribution in [2.24, 2.45) is 5.73 Å². The molecule has 0 aromatic heterocycles. The Kier molecular flexibility index (Phi) is 4.07. The molecule has 1 fully saturated rings. The molecule has 1 aromatic rings. The van der Waals surface area contributed by atoms with Crippen molar-refractivity contribution in [3.05, 3.63) is 35.4 Å². The van der Waals surface area contributed by atoms with Crippen molar-refractivity contribution in [3.63, 3.8) is 0 Å². The van der Waals surface area contributed by atoms with E-state index in [1.807, 2.05) is 6.07 Å². The molecule has 0 spiro atoms. The molecular weight excluding hydrogens is 222 g/mol. The number of benzene rings is 1. The predicted octanol–water partition coefficient (Wildman–Crippen LogP) is 2.72. The number of hydrogen-bond donors (Lipinski definition) is 1. The summed E-state index contributed by atoms with van der Waals surface area (Å²) >= 11 is 0. The van der Waals surface area contributed by atoms with E-state index in [-0.39, 0.29) is 11.6 Å². The molecule has 1 aromatic carbocycles. The monoisotopic (exact) mass is 240 g/mol. The van der Waals surface area contributed by atoms with Crippen LogP contribution in [-0.4, -0.2) is 24.5 Å². The van der Waals surface area contributed by atoms with Gasteiger partial charge < -0.3 is 5.73 Å². The molecule has 94 valence electrons. The van der Waals surface area contributed by atoms with Crippen LogP contribution in [0.15, 0.2) is 24.3 Å². The molecule has 1 saturated heterocycles. The van der Waals surface area contributed by atoms with Gasteiger partial charge in [-0.1, -0.05) is 18.2 Å². The van der Waals surface area contributed by atoms with Crippen LogP contribution in [0.2, 0.25) is 0 Å². The minimum atomic E-state index is -2.41. The van der Waals surface area contributed by atoms with Gasteiger partial charge in [-0.2, -0.15) is 0 Å². The summed E-state index contributed by atoms with van der Waals surface area (Å²) in [6.07, 6.45) is -0.0669. The molecule has 4 heteroatoms. The number of rotatable bonds is 4. The van der Waals surface area contributed by atoms with Crippen molar-refractivity contribution in [1.29, 1.82) is 0 Å². The maximum absolute atomic E-state index is 12.6. The summed E-state index contributed by atoms with van der Waals surface area (Å²) in [7, 11) is 0. The van der Waals surface area contributed by atoms with E-state index < -0.39 is 6.43 Å². The molecule has 2 rings (SSSR count). The predicted molar refractivity (Wildman–Crippen MR) is 64.0 cm³/mol. The minimum absolute atomic E-state index is 0.0798. The fraction of sp³-hybridized carbons (Fsp3) is 0.538. The minimum Gasteiger partial charge on any atom is -0.329 e. The summed E-state index contributed by atoms with van der Waals surface area (Å²) in [5, 5.41) is 0. The third-order valence-electron chi connectivity index (χ3n) is 3.35. The summed E-state index contributed by atoms with van der Waals surface area (Å²) < 4.78 is 25.3. The first-order chi connectivity index (χ1) is 8.22. The molecule has 1 atom stereocenters. The number of likely N-dealkylation sites (tertiary alicyclic amines) is 1. The maximum Gasteiger partial charge on any atom is 0.263 e. The molecule has 0 aliphatic carbocycles. The van der Waals surface area contributed by atoms with E-state index in [0.29, 0.717) is 6.54 Å². The molecule has 1 aliphatic rings. The molecular formula is C13H18F2N2. The summed E-state index contributed by atoms with van der Waals surface area (Å²) in [6, 6.07) is 6.71. The number of halogens is 2. The summed E-state index contributed by atoms with van der Waals surface area (Å²) in [5.74, 6) is 0. The van der Waals surface area contributed by atoms with Gasteiger partial charge in [0.1, 0.15) is 0 Å². The van der Waals surface area contributed by atoms with Gasteiger partial charge in [-0.25, -0.2) is 8.78 Å². The Labute approximate surface area is 100 Å². The Balaban J connectivity index is 2.20. The van der Waals surface area contributed by atoms with Crippen LogP contribution in [0.3, 0.4) is 0 Å². The highest BCUT2D eigenvalue weighted by molar-refractivity contribution is 5.27. The summed E-state index contributed by atoms with van der Waals surface area (Å²) in [4.78, 5) is 2.28. The smallest absolute Gasteiger partial charge is 0.263 e. The molecule has 0 bridgehead atoms. The zero-order valence-electron chi connectivity index (χ0n) is 9.78. The summed E-state index contributed by atoms with van der Waals surface area (Å²) in [6.45, 7) is 2.51. The van der Waals surface area contributed by atoms with Crippen LogP contribution in [-0.2, 0) is 0 Å². The van der Waals surface area contributed by atoms with E-state index >= 15 is 0 Å². The first kappa shape index (κ1) is 12.5. The second-order valence-electron chi connectivity index (χ2n) is 4.47. The zero-order chi connectivity index (χ0) is 12.3. The first-order valence-electron chi connectivity index (χ1n) is 6.04. The molecule has 0 saturated carbocycles. The Bertz CT molecular complexity index is 362. The Morgan fingerprint density at radius 1 is 1.18 bits per heavy atom. The largest absolute Gasteiger partial charge is 0.329 e. The van der Waals surface area contributed by atoms with E-state index in [4.69, 9.17) is 5.73 Å². The van der Waals surface area contributed by atoms with Gasteiger partial charge in [0.25, 0.3) is 6.43 Å². The molecule has 2 nitrogen and oxygen atoms in total. The van der Waals surface area contributed by atoms with Crippen LogP contribution in [0.25, 0.3) is 0 Å². The number of alkyl halides is 2. The van der Waals surface area contributed by atoms with Crippen molar-refractivity contribution in [1.82, 2.24) is 4.90 Å². The topological polar surface area (TPSA) is 29.3 Å².